The predicted octanol–water partition coefficient (Wildman–Crippen LogP) is 5.35. The van der Waals surface area contributed by atoms with E-state index < -0.39 is 5.54 Å². The zero-order chi connectivity index (χ0) is 21.1. The molecule has 7 heteroatoms. The van der Waals surface area contributed by atoms with Crippen LogP contribution in [0.3, 0.4) is 0 Å². The van der Waals surface area contributed by atoms with Crippen LogP contribution in [-0.4, -0.2) is 31.7 Å². The lowest BCUT2D eigenvalue weighted by atomic mass is 9.77. The summed E-state index contributed by atoms with van der Waals surface area (Å²) >= 11 is 5.45. The normalized spacial score (nSPS) is 23.2. The third-order valence-corrected chi connectivity index (χ3v) is 7.41. The van der Waals surface area contributed by atoms with Gasteiger partial charge in [-0.25, -0.2) is 9.97 Å². The molecule has 1 aromatic heterocycles. The molecule has 5 rings (SSSR count). The van der Waals surface area contributed by atoms with Gasteiger partial charge in [-0.15, -0.1) is 11.8 Å². The summed E-state index contributed by atoms with van der Waals surface area (Å²) in [5.74, 6) is 2.60. The molecule has 1 fully saturated rings. The fourth-order valence-corrected chi connectivity index (χ4v) is 6.55. The van der Waals surface area contributed by atoms with Crippen molar-refractivity contribution in [3.05, 3.63) is 70.7 Å². The molecule has 0 radical (unpaired) electrons. The van der Waals surface area contributed by atoms with Crippen LogP contribution in [-0.2, 0) is 5.54 Å². The minimum Gasteiger partial charge on any atom is -0.457 e. The Morgan fingerprint density at radius 2 is 1.73 bits per heavy atom. The SMILES string of the molecule is CC(C)(C)N1C(N)SCC12c1cc(Br)ccc1Oc1ccc(-c3cncnc3)cc12. The van der Waals surface area contributed by atoms with Crippen molar-refractivity contribution < 1.29 is 4.74 Å². The van der Waals surface area contributed by atoms with Crippen LogP contribution in [0, 0.1) is 0 Å². The summed E-state index contributed by atoms with van der Waals surface area (Å²) in [5, 5.41) is 0. The molecule has 5 nitrogen and oxygen atoms in total. The Morgan fingerprint density at radius 1 is 1.07 bits per heavy atom. The molecule has 0 bridgehead atoms. The Bertz CT molecular complexity index is 1120. The van der Waals surface area contributed by atoms with Gasteiger partial charge in [0.05, 0.1) is 5.54 Å². The van der Waals surface area contributed by atoms with E-state index in [-0.39, 0.29) is 11.0 Å². The van der Waals surface area contributed by atoms with Gasteiger partial charge in [0.2, 0.25) is 0 Å². The van der Waals surface area contributed by atoms with Crippen molar-refractivity contribution in [3.8, 4) is 22.6 Å². The molecule has 2 aliphatic rings. The second kappa shape index (κ2) is 7.05. The van der Waals surface area contributed by atoms with Crippen molar-refractivity contribution >= 4 is 27.7 Å². The van der Waals surface area contributed by atoms with Crippen LogP contribution in [0.25, 0.3) is 11.1 Å². The summed E-state index contributed by atoms with van der Waals surface area (Å²) in [6, 6.07) is 12.6. The third kappa shape index (κ3) is 2.99. The monoisotopic (exact) mass is 482 g/mol. The van der Waals surface area contributed by atoms with Crippen LogP contribution >= 0.6 is 27.7 Å². The Morgan fingerprint density at radius 3 is 2.43 bits per heavy atom. The third-order valence-electron chi connectivity index (χ3n) is 5.78. The number of fused-ring (bicyclic) bond motifs is 4. The van der Waals surface area contributed by atoms with Crippen molar-refractivity contribution in [2.24, 2.45) is 5.73 Å². The van der Waals surface area contributed by atoms with E-state index in [0.29, 0.717) is 0 Å². The van der Waals surface area contributed by atoms with Gasteiger partial charge in [-0.2, -0.15) is 0 Å². The highest BCUT2D eigenvalue weighted by molar-refractivity contribution is 9.10. The highest BCUT2D eigenvalue weighted by Crippen LogP contribution is 2.58. The fraction of sp³-hybridized carbons (Fsp3) is 0.304. The second-order valence-electron chi connectivity index (χ2n) is 8.68. The van der Waals surface area contributed by atoms with Crippen LogP contribution in [0.2, 0.25) is 0 Å². The Hall–Kier alpha value is -1.93. The summed E-state index contributed by atoms with van der Waals surface area (Å²) in [7, 11) is 0. The molecule has 2 aliphatic heterocycles. The number of hydrogen-bond acceptors (Lipinski definition) is 6. The molecule has 1 spiro atoms. The van der Waals surface area contributed by atoms with E-state index in [4.69, 9.17) is 10.5 Å². The Labute approximate surface area is 189 Å². The molecule has 2 unspecified atom stereocenters. The number of aromatic nitrogens is 2. The molecular weight excluding hydrogens is 460 g/mol. The standard InChI is InChI=1S/C23H23BrN4OS/c1-22(2,3)28-21(25)30-12-23(28)17-8-14(15-10-26-13-27-11-15)4-6-19(17)29-20-7-5-16(24)9-18(20)23/h4-11,13,21H,12,25H2,1-3H3. The van der Waals surface area contributed by atoms with Gasteiger partial charge in [0.25, 0.3) is 0 Å². The van der Waals surface area contributed by atoms with Gasteiger partial charge < -0.3 is 10.5 Å². The molecule has 0 amide bonds. The number of hydrogen-bond donors (Lipinski definition) is 1. The van der Waals surface area contributed by atoms with E-state index in [2.05, 4.69) is 75.8 Å². The number of ether oxygens (including phenoxy) is 1. The van der Waals surface area contributed by atoms with Crippen molar-refractivity contribution in [3.63, 3.8) is 0 Å². The van der Waals surface area contributed by atoms with Crippen molar-refractivity contribution in [1.29, 1.82) is 0 Å². The zero-order valence-corrected chi connectivity index (χ0v) is 19.5. The van der Waals surface area contributed by atoms with Crippen molar-refractivity contribution in [2.45, 2.75) is 37.3 Å². The molecule has 154 valence electrons. The molecule has 2 atom stereocenters. The predicted molar refractivity (Wildman–Crippen MR) is 124 cm³/mol. The first-order valence-electron chi connectivity index (χ1n) is 9.85. The van der Waals surface area contributed by atoms with Crippen LogP contribution < -0.4 is 10.5 Å². The molecule has 0 aliphatic carbocycles. The van der Waals surface area contributed by atoms with Crippen LogP contribution in [0.15, 0.2) is 59.6 Å². The van der Waals surface area contributed by atoms with E-state index in [1.165, 1.54) is 0 Å². The summed E-state index contributed by atoms with van der Waals surface area (Å²) in [4.78, 5) is 10.8. The number of halogens is 1. The quantitative estimate of drug-likeness (QED) is 0.504. The number of nitrogens with two attached hydrogens (primary N) is 1. The number of thioether (sulfide) groups is 1. The molecular formula is C23H23BrN4OS. The molecule has 0 saturated carbocycles. The topological polar surface area (TPSA) is 64.3 Å². The average molecular weight is 483 g/mol. The van der Waals surface area contributed by atoms with E-state index in [1.54, 1.807) is 18.1 Å². The first kappa shape index (κ1) is 20.0. The smallest absolute Gasteiger partial charge is 0.132 e. The molecule has 1 saturated heterocycles. The van der Waals surface area contributed by atoms with Gasteiger partial charge in [-0.05, 0) is 56.7 Å². The van der Waals surface area contributed by atoms with E-state index >= 15 is 0 Å². The lowest BCUT2D eigenvalue weighted by Gasteiger charge is -2.50. The molecule has 3 heterocycles. The second-order valence-corrected chi connectivity index (χ2v) is 10.7. The van der Waals surface area contributed by atoms with Gasteiger partial charge in [-0.3, -0.25) is 4.90 Å². The zero-order valence-electron chi connectivity index (χ0n) is 17.1. The average Bonchev–Trinajstić information content (AvgIpc) is 3.07. The highest BCUT2D eigenvalue weighted by atomic mass is 79.9. The largest absolute Gasteiger partial charge is 0.457 e. The van der Waals surface area contributed by atoms with Crippen LogP contribution in [0.1, 0.15) is 31.9 Å². The molecule has 2 aromatic carbocycles. The van der Waals surface area contributed by atoms with Crippen molar-refractivity contribution in [1.82, 2.24) is 14.9 Å². The summed E-state index contributed by atoms with van der Waals surface area (Å²) in [5.41, 5.74) is 10.3. The first-order chi connectivity index (χ1) is 14.3. The van der Waals surface area contributed by atoms with Crippen LogP contribution in [0.5, 0.6) is 11.5 Å². The minimum absolute atomic E-state index is 0.119. The minimum atomic E-state index is -0.402. The summed E-state index contributed by atoms with van der Waals surface area (Å²) in [6.45, 7) is 6.67. The molecule has 30 heavy (non-hydrogen) atoms. The maximum atomic E-state index is 6.69. The maximum Gasteiger partial charge on any atom is 0.132 e. The lowest BCUT2D eigenvalue weighted by Crippen LogP contribution is -2.58. The van der Waals surface area contributed by atoms with Gasteiger partial charge in [-0.1, -0.05) is 22.0 Å². The van der Waals surface area contributed by atoms with E-state index in [1.807, 2.05) is 24.5 Å². The summed E-state index contributed by atoms with van der Waals surface area (Å²) in [6.07, 6.45) is 5.23. The van der Waals surface area contributed by atoms with Gasteiger partial charge in [0, 0.05) is 44.8 Å². The van der Waals surface area contributed by atoms with E-state index in [9.17, 15) is 0 Å². The van der Waals surface area contributed by atoms with Gasteiger partial charge in [0.1, 0.15) is 23.3 Å². The fourth-order valence-electron chi connectivity index (χ4n) is 4.68. The van der Waals surface area contributed by atoms with Crippen molar-refractivity contribution in [2.75, 3.05) is 5.75 Å². The Kier molecular flexibility index (Phi) is 4.70. The lowest BCUT2D eigenvalue weighted by molar-refractivity contribution is 0.0379. The summed E-state index contributed by atoms with van der Waals surface area (Å²) < 4.78 is 7.40. The number of nitrogens with zero attached hydrogens (tertiary/aromatic N) is 3. The van der Waals surface area contributed by atoms with E-state index in [0.717, 1.165) is 44.0 Å². The maximum absolute atomic E-state index is 6.69. The van der Waals surface area contributed by atoms with Gasteiger partial charge >= 0.3 is 0 Å². The highest BCUT2D eigenvalue weighted by Gasteiger charge is 2.56. The molecule has 2 N–H and O–H groups in total. The Balaban J connectivity index is 1.80. The molecule has 3 aromatic rings. The van der Waals surface area contributed by atoms with Gasteiger partial charge in [0.15, 0.2) is 0 Å². The van der Waals surface area contributed by atoms with Crippen LogP contribution in [0.4, 0.5) is 0 Å². The first-order valence-corrected chi connectivity index (χ1v) is 11.7. The number of rotatable bonds is 1. The number of benzene rings is 2.